The van der Waals surface area contributed by atoms with E-state index in [2.05, 4.69) is 4.90 Å². The molecule has 2 aromatic rings. The second-order valence-corrected chi connectivity index (χ2v) is 8.65. The molecule has 2 fully saturated rings. The van der Waals surface area contributed by atoms with Gasteiger partial charge in [-0.15, -0.1) is 0 Å². The van der Waals surface area contributed by atoms with Crippen molar-refractivity contribution in [1.82, 2.24) is 9.80 Å². The Morgan fingerprint density at radius 1 is 0.935 bits per heavy atom. The van der Waals surface area contributed by atoms with Crippen molar-refractivity contribution in [3.8, 4) is 0 Å². The maximum atomic E-state index is 13.1. The second kappa shape index (κ2) is 9.69. The summed E-state index contributed by atoms with van der Waals surface area (Å²) in [5.74, 6) is -0.335. The van der Waals surface area contributed by atoms with Crippen molar-refractivity contribution in [2.24, 2.45) is 5.92 Å². The first-order valence-electron chi connectivity index (χ1n) is 10.8. The number of rotatable bonds is 4. The van der Waals surface area contributed by atoms with Crippen LogP contribution in [0.1, 0.15) is 18.4 Å². The maximum absolute atomic E-state index is 13.1. The van der Waals surface area contributed by atoms with Crippen LogP contribution in [0.3, 0.4) is 0 Å². The molecule has 0 radical (unpaired) electrons. The summed E-state index contributed by atoms with van der Waals surface area (Å²) in [4.78, 5) is 31.8. The lowest BCUT2D eigenvalue weighted by Gasteiger charge is -2.40. The minimum atomic E-state index is -0.311. The Bertz CT molecular complexity index is 929. The molecule has 2 aliphatic heterocycles. The summed E-state index contributed by atoms with van der Waals surface area (Å²) in [6.45, 7) is 3.94. The van der Waals surface area contributed by atoms with E-state index < -0.39 is 0 Å². The third-order valence-corrected chi connectivity index (χ3v) is 6.50. The van der Waals surface area contributed by atoms with E-state index in [1.54, 1.807) is 17.0 Å². The highest BCUT2D eigenvalue weighted by atomic mass is 35.5. The van der Waals surface area contributed by atoms with Crippen molar-refractivity contribution in [2.75, 3.05) is 44.2 Å². The first-order chi connectivity index (χ1) is 15.0. The molecule has 0 bridgehead atoms. The molecule has 164 valence electrons. The van der Waals surface area contributed by atoms with Gasteiger partial charge in [0.05, 0.1) is 23.0 Å². The van der Waals surface area contributed by atoms with Crippen molar-refractivity contribution in [2.45, 2.75) is 19.3 Å². The van der Waals surface area contributed by atoms with Crippen LogP contribution in [0.4, 0.5) is 10.1 Å². The molecule has 4 rings (SSSR count). The second-order valence-electron chi connectivity index (χ2n) is 8.25. The Kier molecular flexibility index (Phi) is 6.76. The molecule has 0 N–H and O–H groups in total. The number of likely N-dealkylation sites (tertiary alicyclic amines) is 1. The third-order valence-electron chi connectivity index (χ3n) is 6.18. The summed E-state index contributed by atoms with van der Waals surface area (Å²) in [5, 5.41) is 0.727. The normalized spacial score (nSPS) is 19.4. The highest BCUT2D eigenvalue weighted by molar-refractivity contribution is 6.33. The van der Waals surface area contributed by atoms with E-state index in [-0.39, 0.29) is 30.0 Å². The number of benzene rings is 2. The first kappa shape index (κ1) is 21.6. The zero-order valence-electron chi connectivity index (χ0n) is 17.5. The molecule has 2 heterocycles. The third kappa shape index (κ3) is 5.18. The van der Waals surface area contributed by atoms with Crippen LogP contribution in [-0.2, 0) is 16.0 Å². The molecular weight excluding hydrogens is 417 g/mol. The molecule has 2 saturated heterocycles. The standard InChI is InChI=1S/C24H27ClFN3O2/c25-21-5-1-2-6-22(21)27-12-14-28(15-13-27)24(31)19-4-3-11-29(17-19)23(30)16-18-7-9-20(26)10-8-18/h1-2,5-10,19H,3-4,11-17H2. The Labute approximate surface area is 187 Å². The minimum Gasteiger partial charge on any atom is -0.367 e. The van der Waals surface area contributed by atoms with Crippen molar-refractivity contribution in [3.63, 3.8) is 0 Å². The molecule has 2 aliphatic rings. The monoisotopic (exact) mass is 443 g/mol. The van der Waals surface area contributed by atoms with Crippen LogP contribution in [0.2, 0.25) is 5.02 Å². The van der Waals surface area contributed by atoms with E-state index in [1.807, 2.05) is 29.2 Å². The Balaban J connectivity index is 1.31. The van der Waals surface area contributed by atoms with Crippen molar-refractivity contribution in [3.05, 3.63) is 64.9 Å². The molecule has 1 atom stereocenters. The fourth-order valence-corrected chi connectivity index (χ4v) is 4.68. The minimum absolute atomic E-state index is 0.00681. The summed E-state index contributed by atoms with van der Waals surface area (Å²) in [6, 6.07) is 13.8. The number of carbonyl (C=O) groups is 2. The van der Waals surface area contributed by atoms with E-state index in [4.69, 9.17) is 11.6 Å². The van der Waals surface area contributed by atoms with E-state index in [0.717, 1.165) is 42.2 Å². The van der Waals surface area contributed by atoms with E-state index in [1.165, 1.54) is 12.1 Å². The van der Waals surface area contributed by atoms with E-state index in [9.17, 15) is 14.0 Å². The quantitative estimate of drug-likeness (QED) is 0.725. The molecular formula is C24H27ClFN3O2. The van der Waals surface area contributed by atoms with Crippen molar-refractivity contribution >= 4 is 29.1 Å². The lowest BCUT2D eigenvalue weighted by atomic mass is 9.95. The zero-order chi connectivity index (χ0) is 21.8. The molecule has 2 aromatic carbocycles. The van der Waals surface area contributed by atoms with Crippen LogP contribution in [0.5, 0.6) is 0 Å². The number of amides is 2. The van der Waals surface area contributed by atoms with Gasteiger partial charge in [-0.05, 0) is 42.7 Å². The first-order valence-corrected chi connectivity index (χ1v) is 11.2. The van der Waals surface area contributed by atoms with Gasteiger partial charge in [0.15, 0.2) is 0 Å². The number of anilines is 1. The molecule has 1 unspecified atom stereocenters. The number of para-hydroxylation sites is 1. The summed E-state index contributed by atoms with van der Waals surface area (Å²) >= 11 is 6.31. The van der Waals surface area contributed by atoms with Crippen molar-refractivity contribution in [1.29, 1.82) is 0 Å². The van der Waals surface area contributed by atoms with Gasteiger partial charge in [-0.1, -0.05) is 35.9 Å². The van der Waals surface area contributed by atoms with Crippen LogP contribution in [0.25, 0.3) is 0 Å². The fraction of sp³-hybridized carbons (Fsp3) is 0.417. The smallest absolute Gasteiger partial charge is 0.227 e. The molecule has 0 saturated carbocycles. The van der Waals surface area contributed by atoms with Gasteiger partial charge in [-0.3, -0.25) is 9.59 Å². The van der Waals surface area contributed by atoms with E-state index in [0.29, 0.717) is 26.2 Å². The van der Waals surface area contributed by atoms with Gasteiger partial charge in [-0.25, -0.2) is 4.39 Å². The van der Waals surface area contributed by atoms with Gasteiger partial charge in [0.1, 0.15) is 5.82 Å². The van der Waals surface area contributed by atoms with Crippen LogP contribution < -0.4 is 4.90 Å². The molecule has 2 amide bonds. The summed E-state index contributed by atoms with van der Waals surface area (Å²) in [7, 11) is 0. The molecule has 0 aliphatic carbocycles. The number of halogens is 2. The molecule has 0 aromatic heterocycles. The number of hydrogen-bond donors (Lipinski definition) is 0. The van der Waals surface area contributed by atoms with Gasteiger partial charge < -0.3 is 14.7 Å². The molecule has 5 nitrogen and oxygen atoms in total. The molecule has 31 heavy (non-hydrogen) atoms. The van der Waals surface area contributed by atoms with Crippen LogP contribution in [-0.4, -0.2) is 60.9 Å². The van der Waals surface area contributed by atoms with Gasteiger partial charge in [0, 0.05) is 39.3 Å². The largest absolute Gasteiger partial charge is 0.367 e. The predicted molar refractivity (Wildman–Crippen MR) is 120 cm³/mol. The summed E-state index contributed by atoms with van der Waals surface area (Å²) < 4.78 is 13.1. The van der Waals surface area contributed by atoms with Gasteiger partial charge in [0.25, 0.3) is 0 Å². The lowest BCUT2D eigenvalue weighted by Crippen LogP contribution is -2.53. The number of nitrogens with zero attached hydrogens (tertiary/aromatic N) is 3. The van der Waals surface area contributed by atoms with Gasteiger partial charge >= 0.3 is 0 Å². The van der Waals surface area contributed by atoms with Crippen LogP contribution in [0, 0.1) is 11.7 Å². The summed E-state index contributed by atoms with van der Waals surface area (Å²) in [6.07, 6.45) is 1.87. The Morgan fingerprint density at radius 3 is 2.35 bits per heavy atom. The molecule has 7 heteroatoms. The average molecular weight is 444 g/mol. The van der Waals surface area contributed by atoms with E-state index >= 15 is 0 Å². The number of piperidine rings is 1. The Morgan fingerprint density at radius 2 is 1.65 bits per heavy atom. The average Bonchev–Trinajstić information content (AvgIpc) is 2.80. The van der Waals surface area contributed by atoms with Crippen LogP contribution in [0.15, 0.2) is 48.5 Å². The number of piperazine rings is 1. The SMILES string of the molecule is O=C(Cc1ccc(F)cc1)N1CCCC(C(=O)N2CCN(c3ccccc3Cl)CC2)C1. The molecule has 0 spiro atoms. The van der Waals surface area contributed by atoms with Crippen LogP contribution >= 0.6 is 11.6 Å². The number of hydrogen-bond acceptors (Lipinski definition) is 3. The Hall–Kier alpha value is -2.60. The van der Waals surface area contributed by atoms with Gasteiger partial charge in [0.2, 0.25) is 11.8 Å². The van der Waals surface area contributed by atoms with Gasteiger partial charge in [-0.2, -0.15) is 0 Å². The van der Waals surface area contributed by atoms with Crippen molar-refractivity contribution < 1.29 is 14.0 Å². The highest BCUT2D eigenvalue weighted by Crippen LogP contribution is 2.27. The number of carbonyl (C=O) groups excluding carboxylic acids is 2. The highest BCUT2D eigenvalue weighted by Gasteiger charge is 2.32. The lowest BCUT2D eigenvalue weighted by molar-refractivity contribution is -0.140. The maximum Gasteiger partial charge on any atom is 0.227 e. The predicted octanol–water partition coefficient (Wildman–Crippen LogP) is 3.61. The fourth-order valence-electron chi connectivity index (χ4n) is 4.43. The topological polar surface area (TPSA) is 43.9 Å². The zero-order valence-corrected chi connectivity index (χ0v) is 18.2. The summed E-state index contributed by atoms with van der Waals surface area (Å²) in [5.41, 5.74) is 1.79.